The molecule has 0 aliphatic carbocycles. The van der Waals surface area contributed by atoms with Crippen molar-refractivity contribution in [3.63, 3.8) is 0 Å². The number of hydrogen-bond donors (Lipinski definition) is 2. The maximum absolute atomic E-state index is 5.57. The predicted octanol–water partition coefficient (Wildman–Crippen LogP) is 1.45. The number of nitrogens with two attached hydrogens (primary N) is 1. The highest BCUT2D eigenvalue weighted by atomic mass is 16.5. The molecule has 0 aromatic carbocycles. The van der Waals surface area contributed by atoms with Crippen LogP contribution in [0.4, 0.5) is 11.9 Å². The summed E-state index contributed by atoms with van der Waals surface area (Å²) in [5.41, 5.74) is 5.57. The molecule has 0 radical (unpaired) electrons. The summed E-state index contributed by atoms with van der Waals surface area (Å²) in [4.78, 5) is 12.0. The minimum atomic E-state index is 0.173. The molecule has 3 N–H and O–H groups in total. The van der Waals surface area contributed by atoms with E-state index in [0.29, 0.717) is 18.6 Å². The zero-order valence-electron chi connectivity index (χ0n) is 10.0. The van der Waals surface area contributed by atoms with Crippen LogP contribution in [0.25, 0.3) is 0 Å². The molecule has 1 unspecified atom stereocenters. The lowest BCUT2D eigenvalue weighted by Crippen LogP contribution is -2.17. The third-order valence-corrected chi connectivity index (χ3v) is 2.06. The van der Waals surface area contributed by atoms with Gasteiger partial charge in [0.1, 0.15) is 0 Å². The minimum Gasteiger partial charge on any atom is -0.463 e. The van der Waals surface area contributed by atoms with Crippen LogP contribution in [0.15, 0.2) is 0 Å². The average molecular weight is 225 g/mol. The molecule has 0 spiro atoms. The quantitative estimate of drug-likeness (QED) is 0.762. The molecule has 90 valence electrons. The van der Waals surface area contributed by atoms with Crippen LogP contribution in [-0.2, 0) is 0 Å². The lowest BCUT2D eigenvalue weighted by atomic mass is 10.3. The van der Waals surface area contributed by atoms with Crippen molar-refractivity contribution in [1.29, 1.82) is 0 Å². The Morgan fingerprint density at radius 3 is 2.69 bits per heavy atom. The number of nitrogens with one attached hydrogen (secondary N) is 1. The van der Waals surface area contributed by atoms with Gasteiger partial charge in [0, 0.05) is 6.04 Å². The Morgan fingerprint density at radius 2 is 2.06 bits per heavy atom. The number of aromatic nitrogens is 3. The third kappa shape index (κ3) is 3.88. The van der Waals surface area contributed by atoms with Crippen molar-refractivity contribution in [3.8, 4) is 6.01 Å². The van der Waals surface area contributed by atoms with E-state index < -0.39 is 0 Å². The molecule has 0 aliphatic rings. The maximum atomic E-state index is 5.57. The Balaban J connectivity index is 2.73. The van der Waals surface area contributed by atoms with E-state index in [0.717, 1.165) is 12.8 Å². The Labute approximate surface area is 95.6 Å². The van der Waals surface area contributed by atoms with Crippen LogP contribution in [0.3, 0.4) is 0 Å². The van der Waals surface area contributed by atoms with Crippen molar-refractivity contribution >= 4 is 11.9 Å². The molecule has 1 aromatic rings. The molecule has 16 heavy (non-hydrogen) atoms. The summed E-state index contributed by atoms with van der Waals surface area (Å²) in [6.07, 6.45) is 1.89. The molecule has 0 amide bonds. The summed E-state index contributed by atoms with van der Waals surface area (Å²) < 4.78 is 5.31. The smallest absolute Gasteiger partial charge is 0.323 e. The fourth-order valence-electron chi connectivity index (χ4n) is 1.02. The highest BCUT2D eigenvalue weighted by molar-refractivity contribution is 5.33. The van der Waals surface area contributed by atoms with Gasteiger partial charge in [0.15, 0.2) is 0 Å². The van der Waals surface area contributed by atoms with Crippen LogP contribution >= 0.6 is 0 Å². The summed E-state index contributed by atoms with van der Waals surface area (Å²) in [6.45, 7) is 6.72. The Bertz CT molecular complexity index is 331. The van der Waals surface area contributed by atoms with Crippen molar-refractivity contribution in [2.75, 3.05) is 17.7 Å². The topological polar surface area (TPSA) is 86.0 Å². The monoisotopic (exact) mass is 225 g/mol. The molecule has 1 aromatic heterocycles. The summed E-state index contributed by atoms with van der Waals surface area (Å²) >= 11 is 0. The number of ether oxygens (including phenoxy) is 1. The van der Waals surface area contributed by atoms with Crippen molar-refractivity contribution in [2.24, 2.45) is 0 Å². The molecule has 6 nitrogen and oxygen atoms in total. The number of nitrogens with zero attached hydrogens (tertiary/aromatic N) is 3. The molecule has 0 aliphatic heterocycles. The van der Waals surface area contributed by atoms with E-state index in [9.17, 15) is 0 Å². The summed E-state index contributed by atoms with van der Waals surface area (Å²) in [5, 5.41) is 3.13. The van der Waals surface area contributed by atoms with Gasteiger partial charge in [-0.3, -0.25) is 0 Å². The van der Waals surface area contributed by atoms with Crippen molar-refractivity contribution in [1.82, 2.24) is 15.0 Å². The fraction of sp³-hybridized carbons (Fsp3) is 0.700. The molecule has 1 heterocycles. The van der Waals surface area contributed by atoms with E-state index in [2.05, 4.69) is 27.2 Å². The lowest BCUT2D eigenvalue weighted by molar-refractivity contribution is 0.292. The lowest BCUT2D eigenvalue weighted by Gasteiger charge is -2.12. The molecule has 0 bridgehead atoms. The second kappa shape index (κ2) is 6.09. The molecule has 1 rings (SSSR count). The van der Waals surface area contributed by atoms with Gasteiger partial charge in [-0.05, 0) is 19.8 Å². The van der Waals surface area contributed by atoms with Crippen LogP contribution in [0.1, 0.15) is 33.6 Å². The Hall–Kier alpha value is -1.59. The summed E-state index contributed by atoms with van der Waals surface area (Å²) in [6, 6.07) is 0.570. The summed E-state index contributed by atoms with van der Waals surface area (Å²) in [7, 11) is 0. The third-order valence-electron chi connectivity index (χ3n) is 2.06. The molecule has 0 saturated heterocycles. The van der Waals surface area contributed by atoms with Crippen molar-refractivity contribution in [2.45, 2.75) is 39.7 Å². The minimum absolute atomic E-state index is 0.173. The molecule has 0 saturated carbocycles. The van der Waals surface area contributed by atoms with Gasteiger partial charge in [-0.25, -0.2) is 0 Å². The molecule has 6 heteroatoms. The van der Waals surface area contributed by atoms with Gasteiger partial charge in [-0.1, -0.05) is 13.8 Å². The van der Waals surface area contributed by atoms with Gasteiger partial charge in [0.2, 0.25) is 11.9 Å². The molecular formula is C10H19N5O. The fourth-order valence-corrected chi connectivity index (χ4v) is 1.02. The summed E-state index contributed by atoms with van der Waals surface area (Å²) in [5.74, 6) is 0.639. The van der Waals surface area contributed by atoms with Gasteiger partial charge >= 0.3 is 6.01 Å². The number of hydrogen-bond acceptors (Lipinski definition) is 6. The van der Waals surface area contributed by atoms with Crippen LogP contribution in [0, 0.1) is 0 Å². The van der Waals surface area contributed by atoms with Crippen molar-refractivity contribution in [3.05, 3.63) is 0 Å². The number of rotatable bonds is 6. The number of nitrogen functional groups attached to an aromatic ring is 1. The first kappa shape index (κ1) is 12.5. The van der Waals surface area contributed by atoms with E-state index >= 15 is 0 Å². The Morgan fingerprint density at radius 1 is 1.31 bits per heavy atom. The molecule has 0 fully saturated rings. The second-order valence-electron chi connectivity index (χ2n) is 3.60. The largest absolute Gasteiger partial charge is 0.463 e. The normalized spacial score (nSPS) is 12.2. The van der Waals surface area contributed by atoms with Gasteiger partial charge in [-0.2, -0.15) is 15.0 Å². The van der Waals surface area contributed by atoms with E-state index in [1.807, 2.05) is 13.8 Å². The first-order valence-corrected chi connectivity index (χ1v) is 5.56. The van der Waals surface area contributed by atoms with Gasteiger partial charge in [0.05, 0.1) is 6.61 Å². The first-order chi connectivity index (χ1) is 7.65. The highest BCUT2D eigenvalue weighted by Crippen LogP contribution is 2.10. The van der Waals surface area contributed by atoms with Crippen LogP contribution in [0.5, 0.6) is 6.01 Å². The second-order valence-corrected chi connectivity index (χ2v) is 3.60. The number of anilines is 2. The zero-order valence-corrected chi connectivity index (χ0v) is 10.0. The van der Waals surface area contributed by atoms with E-state index in [-0.39, 0.29) is 12.0 Å². The Kier molecular flexibility index (Phi) is 4.75. The van der Waals surface area contributed by atoms with Gasteiger partial charge < -0.3 is 15.8 Å². The zero-order chi connectivity index (χ0) is 12.0. The molecular weight excluding hydrogens is 206 g/mol. The standard InChI is InChI=1S/C10H19N5O/c1-4-6-16-10-14-8(11)13-9(15-10)12-7(3)5-2/h7H,4-6H2,1-3H3,(H3,11,12,13,14,15). The van der Waals surface area contributed by atoms with Crippen LogP contribution in [-0.4, -0.2) is 27.6 Å². The van der Waals surface area contributed by atoms with Crippen LogP contribution < -0.4 is 15.8 Å². The highest BCUT2D eigenvalue weighted by Gasteiger charge is 2.07. The van der Waals surface area contributed by atoms with Crippen molar-refractivity contribution < 1.29 is 4.74 Å². The average Bonchev–Trinajstić information content (AvgIpc) is 2.25. The predicted molar refractivity (Wildman–Crippen MR) is 63.4 cm³/mol. The first-order valence-electron chi connectivity index (χ1n) is 5.56. The van der Waals surface area contributed by atoms with Gasteiger partial charge in [-0.15, -0.1) is 0 Å². The van der Waals surface area contributed by atoms with E-state index in [1.165, 1.54) is 0 Å². The van der Waals surface area contributed by atoms with E-state index in [4.69, 9.17) is 10.5 Å². The maximum Gasteiger partial charge on any atom is 0.323 e. The van der Waals surface area contributed by atoms with Gasteiger partial charge in [0.25, 0.3) is 0 Å². The van der Waals surface area contributed by atoms with Crippen LogP contribution in [0.2, 0.25) is 0 Å². The molecule has 1 atom stereocenters. The van der Waals surface area contributed by atoms with E-state index in [1.54, 1.807) is 0 Å². The SMILES string of the molecule is CCCOc1nc(N)nc(NC(C)CC)n1.